The lowest BCUT2D eigenvalue weighted by Gasteiger charge is -2.17. The summed E-state index contributed by atoms with van der Waals surface area (Å²) < 4.78 is 0. The smallest absolute Gasteiger partial charge is 0.324 e. The number of thiocarbonyl (C=S) groups is 1. The van der Waals surface area contributed by atoms with Crippen molar-refractivity contribution >= 4 is 29.1 Å². The van der Waals surface area contributed by atoms with E-state index in [0.29, 0.717) is 17.3 Å². The summed E-state index contributed by atoms with van der Waals surface area (Å²) in [5.41, 5.74) is 5.48. The number of carbonyl (C=O) groups is 2. The van der Waals surface area contributed by atoms with Gasteiger partial charge in [0.2, 0.25) is 0 Å². The minimum absolute atomic E-state index is 0.155. The quantitative estimate of drug-likeness (QED) is 0.566. The van der Waals surface area contributed by atoms with Gasteiger partial charge in [-0.2, -0.15) is 0 Å². The van der Waals surface area contributed by atoms with E-state index in [9.17, 15) is 9.59 Å². The maximum absolute atomic E-state index is 12.0. The number of nitrogens with two attached hydrogens (primary N) is 1. The molecule has 1 aliphatic heterocycles. The second-order valence-corrected chi connectivity index (χ2v) is 5.36. The van der Waals surface area contributed by atoms with Crippen LogP contribution in [0.5, 0.6) is 0 Å². The predicted molar refractivity (Wildman–Crippen MR) is 69.4 cm³/mol. The van der Waals surface area contributed by atoms with Crippen LogP contribution in [0.25, 0.3) is 0 Å². The third kappa shape index (κ3) is 3.39. The fraction of sp³-hybridized carbons (Fsp3) is 0.727. The van der Waals surface area contributed by atoms with Gasteiger partial charge in [-0.15, -0.1) is 0 Å². The molecule has 0 aliphatic carbocycles. The first-order chi connectivity index (χ1) is 7.82. The largest absolute Gasteiger partial charge is 0.393 e. The lowest BCUT2D eigenvalue weighted by atomic mass is 10.0. The molecule has 0 saturated carbocycles. The van der Waals surface area contributed by atoms with Crippen LogP contribution in [0.2, 0.25) is 0 Å². The summed E-state index contributed by atoms with van der Waals surface area (Å²) in [5, 5.41) is 2.68. The monoisotopic (exact) mass is 257 g/mol. The Balaban J connectivity index is 2.66. The molecule has 1 heterocycles. The average molecular weight is 257 g/mol. The molecule has 1 fully saturated rings. The maximum atomic E-state index is 12.0. The fourth-order valence-electron chi connectivity index (χ4n) is 1.74. The van der Waals surface area contributed by atoms with Crippen LogP contribution in [0.3, 0.4) is 0 Å². The first-order valence-electron chi connectivity index (χ1n) is 5.74. The molecule has 1 aliphatic rings. The van der Waals surface area contributed by atoms with Crippen LogP contribution < -0.4 is 11.1 Å². The molecule has 17 heavy (non-hydrogen) atoms. The molecule has 2 atom stereocenters. The van der Waals surface area contributed by atoms with Crippen LogP contribution in [-0.2, 0) is 4.79 Å². The van der Waals surface area contributed by atoms with E-state index in [-0.39, 0.29) is 24.4 Å². The van der Waals surface area contributed by atoms with Gasteiger partial charge in [-0.05, 0) is 12.3 Å². The lowest BCUT2D eigenvalue weighted by molar-refractivity contribution is -0.128. The number of imide groups is 1. The Morgan fingerprint density at radius 1 is 1.47 bits per heavy atom. The molecule has 5 nitrogen and oxygen atoms in total. The van der Waals surface area contributed by atoms with Gasteiger partial charge in [-0.25, -0.2) is 4.79 Å². The molecule has 0 radical (unpaired) electrons. The van der Waals surface area contributed by atoms with Crippen molar-refractivity contribution in [3.63, 3.8) is 0 Å². The van der Waals surface area contributed by atoms with Crippen molar-refractivity contribution in [3.8, 4) is 0 Å². The molecular formula is C11H19N3O2S. The second kappa shape index (κ2) is 5.44. The highest BCUT2D eigenvalue weighted by molar-refractivity contribution is 7.80. The third-order valence-corrected chi connectivity index (χ3v) is 3.16. The number of hydrogen-bond donors (Lipinski definition) is 2. The Bertz CT molecular complexity index is 344. The molecule has 3 amide bonds. The summed E-state index contributed by atoms with van der Waals surface area (Å²) in [5.74, 6) is 0.0292. The van der Waals surface area contributed by atoms with Gasteiger partial charge in [0.15, 0.2) is 0 Å². The average Bonchev–Trinajstić information content (AvgIpc) is 2.44. The van der Waals surface area contributed by atoms with Gasteiger partial charge in [-0.3, -0.25) is 9.69 Å². The number of hydrogen-bond acceptors (Lipinski definition) is 3. The summed E-state index contributed by atoms with van der Waals surface area (Å²) in [7, 11) is 0. The molecule has 1 rings (SSSR count). The summed E-state index contributed by atoms with van der Waals surface area (Å²) in [6.45, 7) is 6.09. The molecule has 0 aromatic rings. The molecule has 0 spiro atoms. The number of carbonyl (C=O) groups excluding carboxylic acids is 2. The van der Waals surface area contributed by atoms with Gasteiger partial charge in [0, 0.05) is 12.5 Å². The van der Waals surface area contributed by atoms with Gasteiger partial charge < -0.3 is 11.1 Å². The zero-order chi connectivity index (χ0) is 13.2. The molecule has 96 valence electrons. The van der Waals surface area contributed by atoms with E-state index in [2.05, 4.69) is 5.32 Å². The normalized spacial score (nSPS) is 21.9. The van der Waals surface area contributed by atoms with Gasteiger partial charge in [0.1, 0.15) is 6.04 Å². The zero-order valence-corrected chi connectivity index (χ0v) is 11.2. The van der Waals surface area contributed by atoms with Gasteiger partial charge >= 0.3 is 6.03 Å². The maximum Gasteiger partial charge on any atom is 0.324 e. The summed E-state index contributed by atoms with van der Waals surface area (Å²) in [4.78, 5) is 25.1. The SMILES string of the molecule is CC(C)CC1NC(=O)N(CC(C)C(N)=S)C1=O. The Kier molecular flexibility index (Phi) is 4.45. The van der Waals surface area contributed by atoms with Gasteiger partial charge in [-0.1, -0.05) is 33.0 Å². The van der Waals surface area contributed by atoms with Gasteiger partial charge in [0.25, 0.3) is 5.91 Å². The minimum Gasteiger partial charge on any atom is -0.393 e. The standard InChI is InChI=1S/C11H19N3O2S/c1-6(2)4-8-10(15)14(11(16)13-8)5-7(3)9(12)17/h6-8H,4-5H2,1-3H3,(H2,12,17)(H,13,16). The lowest BCUT2D eigenvalue weighted by Crippen LogP contribution is -2.38. The molecule has 6 heteroatoms. The van der Waals surface area contributed by atoms with Crippen molar-refractivity contribution in [2.24, 2.45) is 17.6 Å². The van der Waals surface area contributed by atoms with E-state index in [1.807, 2.05) is 13.8 Å². The van der Waals surface area contributed by atoms with E-state index in [1.54, 1.807) is 6.92 Å². The van der Waals surface area contributed by atoms with Crippen LogP contribution in [0.4, 0.5) is 4.79 Å². The van der Waals surface area contributed by atoms with Crippen molar-refractivity contribution in [1.82, 2.24) is 10.2 Å². The first-order valence-corrected chi connectivity index (χ1v) is 6.15. The predicted octanol–water partition coefficient (Wildman–Crippen LogP) is 0.875. The molecule has 0 aromatic carbocycles. The Labute approximate surface area is 107 Å². The van der Waals surface area contributed by atoms with Crippen LogP contribution >= 0.6 is 12.2 Å². The number of nitrogens with one attached hydrogen (secondary N) is 1. The Hall–Kier alpha value is -1.17. The van der Waals surface area contributed by atoms with Crippen molar-refractivity contribution < 1.29 is 9.59 Å². The number of amides is 3. The minimum atomic E-state index is -0.402. The highest BCUT2D eigenvalue weighted by Gasteiger charge is 2.38. The molecule has 0 bridgehead atoms. The summed E-state index contributed by atoms with van der Waals surface area (Å²) in [6.07, 6.45) is 0.655. The first kappa shape index (κ1) is 13.9. The molecule has 0 aromatic heterocycles. The summed E-state index contributed by atoms with van der Waals surface area (Å²) in [6, 6.07) is -0.746. The Morgan fingerprint density at radius 3 is 2.53 bits per heavy atom. The molecule has 1 saturated heterocycles. The van der Waals surface area contributed by atoms with Crippen molar-refractivity contribution in [1.29, 1.82) is 0 Å². The third-order valence-electron chi connectivity index (χ3n) is 2.76. The van der Waals surface area contributed by atoms with E-state index in [4.69, 9.17) is 18.0 Å². The van der Waals surface area contributed by atoms with E-state index in [1.165, 1.54) is 4.90 Å². The molecule has 2 unspecified atom stereocenters. The van der Waals surface area contributed by atoms with Crippen molar-refractivity contribution in [2.45, 2.75) is 33.2 Å². The number of urea groups is 1. The molecule has 3 N–H and O–H groups in total. The van der Waals surface area contributed by atoms with Gasteiger partial charge in [0.05, 0.1) is 4.99 Å². The Morgan fingerprint density at radius 2 is 2.06 bits per heavy atom. The second-order valence-electron chi connectivity index (χ2n) is 4.88. The van der Waals surface area contributed by atoms with Crippen molar-refractivity contribution in [3.05, 3.63) is 0 Å². The fourth-order valence-corrected chi connectivity index (χ4v) is 1.82. The van der Waals surface area contributed by atoms with E-state index < -0.39 is 6.04 Å². The summed E-state index contributed by atoms with van der Waals surface area (Å²) >= 11 is 4.84. The number of nitrogens with zero attached hydrogens (tertiary/aromatic N) is 1. The topological polar surface area (TPSA) is 75.4 Å². The van der Waals surface area contributed by atoms with Crippen LogP contribution in [0.15, 0.2) is 0 Å². The van der Waals surface area contributed by atoms with E-state index in [0.717, 1.165) is 0 Å². The van der Waals surface area contributed by atoms with Crippen LogP contribution in [0.1, 0.15) is 27.2 Å². The zero-order valence-electron chi connectivity index (χ0n) is 10.4. The van der Waals surface area contributed by atoms with Crippen LogP contribution in [0, 0.1) is 11.8 Å². The molecular weight excluding hydrogens is 238 g/mol. The highest BCUT2D eigenvalue weighted by Crippen LogP contribution is 2.15. The highest BCUT2D eigenvalue weighted by atomic mass is 32.1. The van der Waals surface area contributed by atoms with Crippen molar-refractivity contribution in [2.75, 3.05) is 6.54 Å². The van der Waals surface area contributed by atoms with E-state index >= 15 is 0 Å². The number of rotatable bonds is 5. The van der Waals surface area contributed by atoms with Crippen LogP contribution in [-0.4, -0.2) is 34.4 Å².